The third kappa shape index (κ3) is 6.12. The molecule has 0 unspecified atom stereocenters. The van der Waals surface area contributed by atoms with Gasteiger partial charge in [0.05, 0.1) is 35.3 Å². The summed E-state index contributed by atoms with van der Waals surface area (Å²) >= 11 is 1.38. The van der Waals surface area contributed by atoms with Crippen molar-refractivity contribution >= 4 is 34.3 Å². The van der Waals surface area contributed by atoms with E-state index in [0.29, 0.717) is 23.2 Å². The molecular weight excluding hydrogens is 530 g/mol. The summed E-state index contributed by atoms with van der Waals surface area (Å²) in [5.74, 6) is -0.0342. The molecule has 10 heteroatoms. The van der Waals surface area contributed by atoms with Crippen LogP contribution >= 0.6 is 11.8 Å². The number of amidine groups is 1. The van der Waals surface area contributed by atoms with Gasteiger partial charge in [-0.3, -0.25) is 15.0 Å². The molecule has 9 nitrogen and oxygen atoms in total. The van der Waals surface area contributed by atoms with Gasteiger partial charge in [-0.15, -0.1) is 0 Å². The van der Waals surface area contributed by atoms with Crippen molar-refractivity contribution in [3.05, 3.63) is 105 Å². The Hall–Kier alpha value is -4.31. The van der Waals surface area contributed by atoms with Gasteiger partial charge in [-0.05, 0) is 50.8 Å². The molecule has 40 heavy (non-hydrogen) atoms. The van der Waals surface area contributed by atoms with Crippen LogP contribution in [0.25, 0.3) is 0 Å². The first kappa shape index (κ1) is 28.7. The minimum Gasteiger partial charge on any atom is -0.490 e. The molecule has 0 N–H and O–H groups in total. The zero-order chi connectivity index (χ0) is 28.6. The lowest BCUT2D eigenvalue weighted by Gasteiger charge is -2.34. The van der Waals surface area contributed by atoms with Crippen LogP contribution in [0.1, 0.15) is 37.9 Å². The Labute approximate surface area is 237 Å². The highest BCUT2D eigenvalue weighted by atomic mass is 32.2. The molecule has 1 aliphatic rings. The SMILES string of the molecule is CCOC(=O)C1=C(C)N(c2ccccc2)C(SC)=N[C@@H]1c1cc(OCC)c(OCc2ccccc2)cc1[N+](=O)[O-]. The zero-order valence-corrected chi connectivity index (χ0v) is 23.6. The molecule has 1 heterocycles. The van der Waals surface area contributed by atoms with Gasteiger partial charge >= 0.3 is 5.97 Å². The average molecular weight is 562 g/mol. The lowest BCUT2D eigenvalue weighted by molar-refractivity contribution is -0.385. The lowest BCUT2D eigenvalue weighted by Crippen LogP contribution is -2.35. The summed E-state index contributed by atoms with van der Waals surface area (Å²) in [7, 11) is 0. The number of nitrogens with zero attached hydrogens (tertiary/aromatic N) is 3. The van der Waals surface area contributed by atoms with E-state index >= 15 is 0 Å². The molecule has 208 valence electrons. The molecule has 1 aliphatic heterocycles. The Balaban J connectivity index is 1.87. The number of nitro groups is 1. The number of rotatable bonds is 10. The molecule has 0 aromatic heterocycles. The Bertz CT molecular complexity index is 1430. The van der Waals surface area contributed by atoms with Gasteiger partial charge in [-0.25, -0.2) is 9.79 Å². The number of allylic oxidation sites excluding steroid dienone is 1. The number of aliphatic imine (C=N–C) groups is 1. The van der Waals surface area contributed by atoms with Crippen molar-refractivity contribution < 1.29 is 23.9 Å². The van der Waals surface area contributed by atoms with E-state index in [9.17, 15) is 14.9 Å². The standard InChI is InChI=1S/C30H31N3O6S/c1-5-37-25-17-23(24(33(35)36)18-26(25)39-19-21-13-9-7-10-14-21)28-27(29(34)38-6-2)20(3)32(30(31-28)40-4)22-15-11-8-12-16-22/h7-18,28H,5-6,19H2,1-4H3/t28-/m1/s1. The number of carbonyl (C=O) groups excluding carboxylic acids is 1. The highest BCUT2D eigenvalue weighted by Crippen LogP contribution is 2.45. The maximum absolute atomic E-state index is 13.4. The summed E-state index contributed by atoms with van der Waals surface area (Å²) in [5, 5.41) is 13.0. The van der Waals surface area contributed by atoms with Gasteiger partial charge < -0.3 is 14.2 Å². The molecule has 0 amide bonds. The van der Waals surface area contributed by atoms with Crippen LogP contribution in [-0.4, -0.2) is 35.5 Å². The zero-order valence-electron chi connectivity index (χ0n) is 22.8. The fraction of sp³-hybridized carbons (Fsp3) is 0.267. The van der Waals surface area contributed by atoms with Crippen molar-refractivity contribution in [2.75, 3.05) is 24.4 Å². The number of nitro benzene ring substituents is 1. The predicted octanol–water partition coefficient (Wildman–Crippen LogP) is 6.69. The number of hydrogen-bond acceptors (Lipinski definition) is 9. The van der Waals surface area contributed by atoms with E-state index in [4.69, 9.17) is 19.2 Å². The number of anilines is 1. The molecule has 0 spiro atoms. The van der Waals surface area contributed by atoms with Gasteiger partial charge in [0.25, 0.3) is 5.69 Å². The van der Waals surface area contributed by atoms with Crippen molar-refractivity contribution in [2.24, 2.45) is 4.99 Å². The molecule has 3 aromatic carbocycles. The molecule has 1 atom stereocenters. The van der Waals surface area contributed by atoms with Crippen LogP contribution in [0.15, 0.2) is 89.1 Å². The molecule has 0 saturated carbocycles. The van der Waals surface area contributed by atoms with Crippen LogP contribution in [0.4, 0.5) is 11.4 Å². The second kappa shape index (κ2) is 13.2. The number of carbonyl (C=O) groups is 1. The molecule has 3 aromatic rings. The molecule has 0 bridgehead atoms. The van der Waals surface area contributed by atoms with Gasteiger partial charge in [0, 0.05) is 11.4 Å². The van der Waals surface area contributed by atoms with Gasteiger partial charge in [0.1, 0.15) is 12.6 Å². The number of hydrogen-bond donors (Lipinski definition) is 0. The van der Waals surface area contributed by atoms with Gasteiger partial charge in [0.15, 0.2) is 16.7 Å². The van der Waals surface area contributed by atoms with E-state index in [1.807, 2.05) is 78.7 Å². The number of thioether (sulfide) groups is 1. The van der Waals surface area contributed by atoms with E-state index in [1.165, 1.54) is 17.8 Å². The molecule has 4 rings (SSSR count). The third-order valence-corrected chi connectivity index (χ3v) is 6.90. The van der Waals surface area contributed by atoms with E-state index in [-0.39, 0.29) is 35.8 Å². The smallest absolute Gasteiger partial charge is 0.338 e. The molecular formula is C30H31N3O6S. The van der Waals surface area contributed by atoms with Crippen molar-refractivity contribution in [3.8, 4) is 11.5 Å². The number of para-hydroxylation sites is 1. The van der Waals surface area contributed by atoms with Crippen molar-refractivity contribution in [1.29, 1.82) is 0 Å². The van der Waals surface area contributed by atoms with Gasteiger partial charge in [0.2, 0.25) is 0 Å². The predicted molar refractivity (Wildman–Crippen MR) is 157 cm³/mol. The van der Waals surface area contributed by atoms with Crippen molar-refractivity contribution in [1.82, 2.24) is 0 Å². The Morgan fingerprint density at radius 1 is 1.00 bits per heavy atom. The summed E-state index contributed by atoms with van der Waals surface area (Å²) < 4.78 is 17.3. The van der Waals surface area contributed by atoms with Crippen molar-refractivity contribution in [3.63, 3.8) is 0 Å². The summed E-state index contributed by atoms with van der Waals surface area (Å²) in [5.41, 5.74) is 2.48. The first-order valence-electron chi connectivity index (χ1n) is 12.9. The highest BCUT2D eigenvalue weighted by Gasteiger charge is 2.38. The van der Waals surface area contributed by atoms with Crippen LogP contribution in [0.3, 0.4) is 0 Å². The fourth-order valence-electron chi connectivity index (χ4n) is 4.47. The minimum atomic E-state index is -0.996. The number of benzene rings is 3. The average Bonchev–Trinajstić information content (AvgIpc) is 2.96. The number of esters is 1. The first-order valence-corrected chi connectivity index (χ1v) is 14.1. The van der Waals surface area contributed by atoms with Crippen LogP contribution in [0, 0.1) is 10.1 Å². The molecule has 0 saturated heterocycles. The summed E-state index contributed by atoms with van der Waals surface area (Å²) in [6.07, 6.45) is 1.87. The number of ether oxygens (including phenoxy) is 3. The topological polar surface area (TPSA) is 104 Å². The maximum atomic E-state index is 13.4. The monoisotopic (exact) mass is 561 g/mol. The summed E-state index contributed by atoms with van der Waals surface area (Å²) in [4.78, 5) is 32.0. The normalized spacial score (nSPS) is 14.9. The van der Waals surface area contributed by atoms with Crippen LogP contribution in [0.5, 0.6) is 11.5 Å². The Morgan fingerprint density at radius 2 is 1.65 bits per heavy atom. The lowest BCUT2D eigenvalue weighted by atomic mass is 9.94. The van der Waals surface area contributed by atoms with E-state index in [2.05, 4.69) is 0 Å². The quantitative estimate of drug-likeness (QED) is 0.153. The van der Waals surface area contributed by atoms with Crippen LogP contribution < -0.4 is 14.4 Å². The largest absolute Gasteiger partial charge is 0.490 e. The Kier molecular flexibility index (Phi) is 9.44. The molecule has 0 aliphatic carbocycles. The Morgan fingerprint density at radius 3 is 2.25 bits per heavy atom. The van der Waals surface area contributed by atoms with Gasteiger partial charge in [-0.2, -0.15) is 0 Å². The van der Waals surface area contributed by atoms with Crippen LogP contribution in [0.2, 0.25) is 0 Å². The second-order valence-electron chi connectivity index (χ2n) is 8.73. The van der Waals surface area contributed by atoms with Crippen molar-refractivity contribution in [2.45, 2.75) is 33.4 Å². The minimum absolute atomic E-state index is 0.144. The summed E-state index contributed by atoms with van der Waals surface area (Å²) in [6, 6.07) is 20.9. The summed E-state index contributed by atoms with van der Waals surface area (Å²) in [6.45, 7) is 5.98. The van der Waals surface area contributed by atoms with Crippen LogP contribution in [-0.2, 0) is 16.1 Å². The second-order valence-corrected chi connectivity index (χ2v) is 9.50. The van der Waals surface area contributed by atoms with E-state index < -0.39 is 16.9 Å². The fourth-order valence-corrected chi connectivity index (χ4v) is 5.11. The van der Waals surface area contributed by atoms with E-state index in [1.54, 1.807) is 19.9 Å². The third-order valence-electron chi connectivity index (χ3n) is 6.24. The molecule has 0 fully saturated rings. The van der Waals surface area contributed by atoms with E-state index in [0.717, 1.165) is 11.3 Å². The highest BCUT2D eigenvalue weighted by molar-refractivity contribution is 8.13. The molecule has 0 radical (unpaired) electrons. The first-order chi connectivity index (χ1) is 19.4. The van der Waals surface area contributed by atoms with Gasteiger partial charge in [-0.1, -0.05) is 60.3 Å². The maximum Gasteiger partial charge on any atom is 0.338 e.